The third-order valence-electron chi connectivity index (χ3n) is 5.78. The third-order valence-corrected chi connectivity index (χ3v) is 6.36. The first-order chi connectivity index (χ1) is 18.2. The zero-order valence-electron chi connectivity index (χ0n) is 20.2. The fraction of sp³-hybridized carbons (Fsp3) is 0.111. The number of anilines is 4. The Morgan fingerprint density at radius 3 is 2.37 bits per heavy atom. The Morgan fingerprint density at radius 1 is 1.05 bits per heavy atom. The fourth-order valence-electron chi connectivity index (χ4n) is 3.85. The number of aromatic nitrogens is 2. The summed E-state index contributed by atoms with van der Waals surface area (Å²) >= 11 is 12.6. The number of rotatable bonds is 8. The largest absolute Gasteiger partial charge is 0.353 e. The molecule has 11 heteroatoms. The van der Waals surface area contributed by atoms with Crippen LogP contribution in [0.4, 0.5) is 28.7 Å². The fourth-order valence-corrected chi connectivity index (χ4v) is 4.25. The van der Waals surface area contributed by atoms with E-state index < -0.39 is 16.5 Å². The van der Waals surface area contributed by atoms with E-state index in [1.807, 2.05) is 0 Å². The van der Waals surface area contributed by atoms with E-state index in [0.717, 1.165) is 5.56 Å². The molecule has 0 amide bonds. The lowest BCUT2D eigenvalue weighted by molar-refractivity contribution is -0.383. The maximum atomic E-state index is 12.0. The van der Waals surface area contributed by atoms with E-state index in [1.54, 1.807) is 67.6 Å². The van der Waals surface area contributed by atoms with Crippen molar-refractivity contribution >= 4 is 57.7 Å². The summed E-state index contributed by atoms with van der Waals surface area (Å²) in [6.45, 7) is 3.22. The van der Waals surface area contributed by atoms with Gasteiger partial charge in [0.15, 0.2) is 5.78 Å². The highest BCUT2D eigenvalue weighted by Gasteiger charge is 2.25. The lowest BCUT2D eigenvalue weighted by atomic mass is 9.91. The van der Waals surface area contributed by atoms with Gasteiger partial charge in [-0.2, -0.15) is 5.26 Å². The van der Waals surface area contributed by atoms with Crippen molar-refractivity contribution < 1.29 is 9.72 Å². The Balaban J connectivity index is 1.68. The summed E-state index contributed by atoms with van der Waals surface area (Å²) in [5, 5.41) is 28.6. The zero-order valence-corrected chi connectivity index (χ0v) is 21.7. The molecular weight excluding hydrogens is 527 g/mol. The first-order valence-corrected chi connectivity index (χ1v) is 12.0. The molecule has 0 aliphatic rings. The highest BCUT2D eigenvalue weighted by atomic mass is 35.5. The van der Waals surface area contributed by atoms with Crippen LogP contribution in [0.15, 0.2) is 67.0 Å². The summed E-state index contributed by atoms with van der Waals surface area (Å²) in [6, 6.07) is 19.1. The number of nitriles is 1. The predicted molar refractivity (Wildman–Crippen MR) is 147 cm³/mol. The van der Waals surface area contributed by atoms with Crippen molar-refractivity contribution in [3.8, 4) is 6.07 Å². The minimum Gasteiger partial charge on any atom is -0.334 e. The van der Waals surface area contributed by atoms with Crippen LogP contribution in [-0.2, 0) is 0 Å². The van der Waals surface area contributed by atoms with E-state index in [9.17, 15) is 20.2 Å². The van der Waals surface area contributed by atoms with Gasteiger partial charge in [-0.05, 0) is 60.9 Å². The number of hydrogen-bond donors (Lipinski definition) is 2. The molecule has 1 atom stereocenters. The van der Waals surface area contributed by atoms with Gasteiger partial charge in [0.1, 0.15) is 6.33 Å². The zero-order chi connectivity index (χ0) is 27.4. The molecule has 2 N–H and O–H groups in total. The van der Waals surface area contributed by atoms with E-state index >= 15 is 0 Å². The Bertz CT molecular complexity index is 1590. The molecule has 9 nitrogen and oxygen atoms in total. The maximum Gasteiger partial charge on any atom is 0.353 e. The van der Waals surface area contributed by atoms with Crippen molar-refractivity contribution in [1.82, 2.24) is 9.97 Å². The van der Waals surface area contributed by atoms with Crippen LogP contribution in [0.3, 0.4) is 0 Å². The van der Waals surface area contributed by atoms with Gasteiger partial charge >= 0.3 is 5.69 Å². The van der Waals surface area contributed by atoms with Crippen LogP contribution >= 0.6 is 23.2 Å². The first kappa shape index (κ1) is 26.5. The molecular formula is C27H20Cl2N6O3. The molecule has 1 heterocycles. The van der Waals surface area contributed by atoms with Gasteiger partial charge in [-0.3, -0.25) is 14.9 Å². The third kappa shape index (κ3) is 5.72. The van der Waals surface area contributed by atoms with Crippen molar-refractivity contribution in [3.05, 3.63) is 109 Å². The van der Waals surface area contributed by atoms with Crippen LogP contribution < -0.4 is 10.6 Å². The topological polar surface area (TPSA) is 134 Å². The van der Waals surface area contributed by atoms with E-state index in [-0.39, 0.29) is 17.4 Å². The SMILES string of the molecule is CC(=O)c1cccc(Nc2ncnc(Nc3cc(Cl)c(C(C#N)c4ccc(Cl)cc4)cc3C)c2[N+](=O)[O-])c1. The van der Waals surface area contributed by atoms with Crippen LogP contribution in [0.25, 0.3) is 0 Å². The molecule has 0 saturated carbocycles. The van der Waals surface area contributed by atoms with Crippen molar-refractivity contribution in [2.45, 2.75) is 19.8 Å². The molecule has 0 bridgehead atoms. The monoisotopic (exact) mass is 546 g/mol. The minimum atomic E-state index is -0.637. The Kier molecular flexibility index (Phi) is 7.86. The Morgan fingerprint density at radius 2 is 1.74 bits per heavy atom. The van der Waals surface area contributed by atoms with Crippen LogP contribution in [0, 0.1) is 28.4 Å². The quantitative estimate of drug-likeness (QED) is 0.133. The molecule has 0 saturated heterocycles. The van der Waals surface area contributed by atoms with Gasteiger partial charge in [0, 0.05) is 27.0 Å². The summed E-state index contributed by atoms with van der Waals surface area (Å²) in [4.78, 5) is 31.3. The molecule has 38 heavy (non-hydrogen) atoms. The Hall–Kier alpha value is -4.52. The Labute approximate surface area is 228 Å². The molecule has 0 radical (unpaired) electrons. The lowest BCUT2D eigenvalue weighted by Crippen LogP contribution is -2.07. The van der Waals surface area contributed by atoms with Gasteiger partial charge in [0.2, 0.25) is 11.6 Å². The van der Waals surface area contributed by atoms with Gasteiger partial charge in [-0.15, -0.1) is 0 Å². The summed E-state index contributed by atoms with van der Waals surface area (Å²) in [5.41, 5.74) is 2.99. The summed E-state index contributed by atoms with van der Waals surface area (Å²) in [5.74, 6) is -0.890. The van der Waals surface area contributed by atoms with Crippen LogP contribution in [0.5, 0.6) is 0 Å². The van der Waals surface area contributed by atoms with E-state index in [2.05, 4.69) is 26.7 Å². The maximum absolute atomic E-state index is 12.0. The number of nitro groups is 1. The molecule has 0 fully saturated rings. The normalized spacial score (nSPS) is 11.3. The second kappa shape index (κ2) is 11.3. The number of nitrogens with zero attached hydrogens (tertiary/aromatic N) is 4. The number of ketones is 1. The molecule has 4 aromatic rings. The number of carbonyl (C=O) groups is 1. The first-order valence-electron chi connectivity index (χ1n) is 11.3. The highest BCUT2D eigenvalue weighted by molar-refractivity contribution is 6.32. The van der Waals surface area contributed by atoms with E-state index in [0.29, 0.717) is 38.1 Å². The summed E-state index contributed by atoms with van der Waals surface area (Å²) < 4.78 is 0. The summed E-state index contributed by atoms with van der Waals surface area (Å²) in [6.07, 6.45) is 1.18. The predicted octanol–water partition coefficient (Wildman–Crippen LogP) is 7.35. The van der Waals surface area contributed by atoms with Crippen molar-refractivity contribution in [1.29, 1.82) is 5.26 Å². The van der Waals surface area contributed by atoms with E-state index in [1.165, 1.54) is 13.3 Å². The molecule has 0 aliphatic heterocycles. The second-order valence-corrected chi connectivity index (χ2v) is 9.21. The number of halogens is 2. The second-order valence-electron chi connectivity index (χ2n) is 8.37. The molecule has 1 aromatic heterocycles. The number of hydrogen-bond acceptors (Lipinski definition) is 8. The minimum absolute atomic E-state index is 0.0548. The van der Waals surface area contributed by atoms with Crippen LogP contribution in [0.2, 0.25) is 10.0 Å². The smallest absolute Gasteiger partial charge is 0.334 e. The molecule has 4 rings (SSSR count). The molecule has 190 valence electrons. The van der Waals surface area contributed by atoms with Crippen LogP contribution in [-0.4, -0.2) is 20.7 Å². The van der Waals surface area contributed by atoms with Crippen LogP contribution in [0.1, 0.15) is 39.9 Å². The van der Waals surface area contributed by atoms with Gasteiger partial charge in [-0.25, -0.2) is 9.97 Å². The molecule has 0 spiro atoms. The highest BCUT2D eigenvalue weighted by Crippen LogP contribution is 2.38. The molecule has 0 aliphatic carbocycles. The number of carbonyl (C=O) groups excluding carboxylic acids is 1. The molecule has 1 unspecified atom stereocenters. The van der Waals surface area contributed by atoms with Crippen molar-refractivity contribution in [2.75, 3.05) is 10.6 Å². The lowest BCUT2D eigenvalue weighted by Gasteiger charge is -2.17. The average molecular weight is 547 g/mol. The average Bonchev–Trinajstić information content (AvgIpc) is 2.88. The number of benzene rings is 3. The van der Waals surface area contributed by atoms with Crippen molar-refractivity contribution in [3.63, 3.8) is 0 Å². The van der Waals surface area contributed by atoms with Crippen molar-refractivity contribution in [2.24, 2.45) is 0 Å². The van der Waals surface area contributed by atoms with Gasteiger partial charge in [0.05, 0.1) is 16.9 Å². The number of Topliss-reactive ketones (excluding diaryl/α,β-unsaturated/α-hetero) is 1. The van der Waals surface area contributed by atoms with Gasteiger partial charge in [0.25, 0.3) is 0 Å². The molecule has 3 aromatic carbocycles. The van der Waals surface area contributed by atoms with E-state index in [4.69, 9.17) is 23.2 Å². The van der Waals surface area contributed by atoms with Gasteiger partial charge < -0.3 is 10.6 Å². The van der Waals surface area contributed by atoms with Gasteiger partial charge in [-0.1, -0.05) is 53.5 Å². The summed E-state index contributed by atoms with van der Waals surface area (Å²) in [7, 11) is 0. The number of nitrogens with one attached hydrogen (secondary N) is 2. The standard InChI is InChI=1S/C27H20Cl2N6O3/c1-15-10-21(22(13-30)17-6-8-19(28)9-7-17)23(29)12-24(15)34-27-25(35(37)38)26(31-14-32-27)33-20-5-3-4-18(11-20)16(2)36/h3-12,14,22H,1-2H3,(H2,31,32,33,34). The number of aryl methyl sites for hydroxylation is 1.